The second-order valence-electron chi connectivity index (χ2n) is 3.30. The van der Waals surface area contributed by atoms with Crippen molar-refractivity contribution in [3.8, 4) is 0 Å². The number of pyridine rings is 1. The van der Waals surface area contributed by atoms with E-state index in [1.165, 1.54) is 0 Å². The van der Waals surface area contributed by atoms with Gasteiger partial charge < -0.3 is 15.7 Å². The number of primary amides is 1. The van der Waals surface area contributed by atoms with E-state index in [1.54, 1.807) is 18.2 Å². The van der Waals surface area contributed by atoms with Crippen molar-refractivity contribution in [2.75, 3.05) is 18.0 Å². The SMILES string of the molecule is NC(=O)c1cccc(N2CC(O)C2)n1. The molecule has 3 N–H and O–H groups in total. The molecular formula is C9H11N3O2. The van der Waals surface area contributed by atoms with Gasteiger partial charge in [0.25, 0.3) is 5.91 Å². The van der Waals surface area contributed by atoms with Gasteiger partial charge in [-0.05, 0) is 12.1 Å². The summed E-state index contributed by atoms with van der Waals surface area (Å²) in [7, 11) is 0. The van der Waals surface area contributed by atoms with E-state index in [0.717, 1.165) is 0 Å². The van der Waals surface area contributed by atoms with Crippen LogP contribution >= 0.6 is 0 Å². The maximum absolute atomic E-state index is 10.8. The van der Waals surface area contributed by atoms with E-state index in [2.05, 4.69) is 4.98 Å². The quantitative estimate of drug-likeness (QED) is 0.655. The molecule has 5 heteroatoms. The lowest BCUT2D eigenvalue weighted by molar-refractivity contribution is 0.0995. The summed E-state index contributed by atoms with van der Waals surface area (Å²) >= 11 is 0. The summed E-state index contributed by atoms with van der Waals surface area (Å²) in [6.45, 7) is 1.13. The van der Waals surface area contributed by atoms with Crippen LogP contribution in [0.15, 0.2) is 18.2 Å². The number of β-amino-alcohol motifs (C(OH)–C–C–N with tert-alkyl or cyclic N) is 1. The Bertz CT molecular complexity index is 361. The van der Waals surface area contributed by atoms with Crippen LogP contribution in [0.4, 0.5) is 5.82 Å². The van der Waals surface area contributed by atoms with Crippen molar-refractivity contribution >= 4 is 11.7 Å². The summed E-state index contributed by atoms with van der Waals surface area (Å²) in [6.07, 6.45) is -0.283. The maximum atomic E-state index is 10.8. The largest absolute Gasteiger partial charge is 0.389 e. The van der Waals surface area contributed by atoms with Gasteiger partial charge in [0.2, 0.25) is 0 Å². The van der Waals surface area contributed by atoms with Crippen LogP contribution in [-0.2, 0) is 0 Å². The summed E-state index contributed by atoms with van der Waals surface area (Å²) in [4.78, 5) is 16.8. The highest BCUT2D eigenvalue weighted by Gasteiger charge is 2.25. The molecule has 0 radical (unpaired) electrons. The molecule has 1 fully saturated rings. The first-order chi connectivity index (χ1) is 6.66. The summed E-state index contributed by atoms with van der Waals surface area (Å²) in [5.74, 6) is 0.152. The topological polar surface area (TPSA) is 79.5 Å². The molecule has 2 rings (SSSR count). The molecule has 0 spiro atoms. The molecule has 1 aliphatic heterocycles. The average molecular weight is 193 g/mol. The predicted molar refractivity (Wildman–Crippen MR) is 51.0 cm³/mol. The van der Waals surface area contributed by atoms with E-state index >= 15 is 0 Å². The van der Waals surface area contributed by atoms with E-state index < -0.39 is 5.91 Å². The minimum atomic E-state index is -0.534. The van der Waals surface area contributed by atoms with Gasteiger partial charge in [0.15, 0.2) is 0 Å². The van der Waals surface area contributed by atoms with Crippen molar-refractivity contribution in [3.63, 3.8) is 0 Å². The maximum Gasteiger partial charge on any atom is 0.267 e. The first kappa shape index (κ1) is 8.96. The number of aliphatic hydroxyl groups is 1. The molecule has 1 aliphatic rings. The summed E-state index contributed by atoms with van der Waals surface area (Å²) in [5.41, 5.74) is 5.35. The Kier molecular flexibility index (Phi) is 2.09. The van der Waals surface area contributed by atoms with Crippen LogP contribution in [0.3, 0.4) is 0 Å². The highest BCUT2D eigenvalue weighted by molar-refractivity contribution is 5.91. The first-order valence-electron chi connectivity index (χ1n) is 4.36. The van der Waals surface area contributed by atoms with Gasteiger partial charge in [-0.15, -0.1) is 0 Å². The predicted octanol–water partition coefficient (Wildman–Crippen LogP) is -0.639. The van der Waals surface area contributed by atoms with Crippen molar-refractivity contribution in [1.29, 1.82) is 0 Å². The molecule has 1 aromatic heterocycles. The lowest BCUT2D eigenvalue weighted by atomic mass is 10.1. The highest BCUT2D eigenvalue weighted by atomic mass is 16.3. The number of hydrogen-bond donors (Lipinski definition) is 2. The smallest absolute Gasteiger partial charge is 0.267 e. The van der Waals surface area contributed by atoms with Crippen molar-refractivity contribution in [3.05, 3.63) is 23.9 Å². The van der Waals surface area contributed by atoms with Crippen molar-refractivity contribution < 1.29 is 9.90 Å². The van der Waals surface area contributed by atoms with Crippen LogP contribution in [0, 0.1) is 0 Å². The van der Waals surface area contributed by atoms with Gasteiger partial charge in [0.1, 0.15) is 11.5 Å². The third-order valence-corrected chi connectivity index (χ3v) is 2.17. The Morgan fingerprint density at radius 2 is 2.29 bits per heavy atom. The Morgan fingerprint density at radius 1 is 1.57 bits per heavy atom. The number of carbonyl (C=O) groups excluding carboxylic acids is 1. The van der Waals surface area contributed by atoms with E-state index in [-0.39, 0.29) is 11.8 Å². The zero-order chi connectivity index (χ0) is 10.1. The normalized spacial score (nSPS) is 16.5. The number of aromatic nitrogens is 1. The van der Waals surface area contributed by atoms with Crippen molar-refractivity contribution in [1.82, 2.24) is 4.98 Å². The Hall–Kier alpha value is -1.62. The minimum absolute atomic E-state index is 0.254. The van der Waals surface area contributed by atoms with Crippen LogP contribution in [-0.4, -0.2) is 35.2 Å². The molecule has 5 nitrogen and oxygen atoms in total. The number of nitrogens with zero attached hydrogens (tertiary/aromatic N) is 2. The third kappa shape index (κ3) is 1.54. The van der Waals surface area contributed by atoms with E-state index in [1.807, 2.05) is 4.90 Å². The molecule has 74 valence electrons. The number of anilines is 1. The van der Waals surface area contributed by atoms with Crippen LogP contribution in [0.1, 0.15) is 10.5 Å². The molecule has 1 amide bonds. The van der Waals surface area contributed by atoms with Gasteiger partial charge in [-0.1, -0.05) is 6.07 Å². The number of amides is 1. The van der Waals surface area contributed by atoms with Crippen LogP contribution in [0.5, 0.6) is 0 Å². The number of aliphatic hydroxyl groups excluding tert-OH is 1. The Labute approximate surface area is 81.2 Å². The van der Waals surface area contributed by atoms with Crippen molar-refractivity contribution in [2.24, 2.45) is 5.73 Å². The molecule has 14 heavy (non-hydrogen) atoms. The monoisotopic (exact) mass is 193 g/mol. The standard InChI is InChI=1S/C9H11N3O2/c10-9(14)7-2-1-3-8(11-7)12-4-6(13)5-12/h1-3,6,13H,4-5H2,(H2,10,14). The summed E-state index contributed by atoms with van der Waals surface area (Å²) in [5, 5.41) is 9.10. The van der Waals surface area contributed by atoms with Crippen LogP contribution in [0.25, 0.3) is 0 Å². The van der Waals surface area contributed by atoms with E-state index in [9.17, 15) is 4.79 Å². The molecule has 0 aliphatic carbocycles. The molecule has 1 saturated heterocycles. The van der Waals surface area contributed by atoms with Gasteiger partial charge in [-0.25, -0.2) is 4.98 Å². The second-order valence-corrected chi connectivity index (χ2v) is 3.30. The third-order valence-electron chi connectivity index (χ3n) is 2.17. The molecule has 0 unspecified atom stereocenters. The van der Waals surface area contributed by atoms with Crippen molar-refractivity contribution in [2.45, 2.75) is 6.10 Å². The molecule has 2 heterocycles. The van der Waals surface area contributed by atoms with Gasteiger partial charge in [-0.3, -0.25) is 4.79 Å². The number of hydrogen-bond acceptors (Lipinski definition) is 4. The van der Waals surface area contributed by atoms with Gasteiger partial charge >= 0.3 is 0 Å². The fraction of sp³-hybridized carbons (Fsp3) is 0.333. The van der Waals surface area contributed by atoms with Gasteiger partial charge in [0.05, 0.1) is 6.10 Å². The molecule has 1 aromatic rings. The van der Waals surface area contributed by atoms with E-state index in [4.69, 9.17) is 10.8 Å². The van der Waals surface area contributed by atoms with Crippen LogP contribution in [0.2, 0.25) is 0 Å². The van der Waals surface area contributed by atoms with Gasteiger partial charge in [-0.2, -0.15) is 0 Å². The molecule has 0 bridgehead atoms. The van der Waals surface area contributed by atoms with Gasteiger partial charge in [0, 0.05) is 13.1 Å². The fourth-order valence-electron chi connectivity index (χ4n) is 1.38. The zero-order valence-corrected chi connectivity index (χ0v) is 7.55. The molecule has 0 atom stereocenters. The number of carbonyl (C=O) groups is 1. The number of nitrogens with two attached hydrogens (primary N) is 1. The number of rotatable bonds is 2. The average Bonchev–Trinajstić information content (AvgIpc) is 2.13. The Balaban J connectivity index is 2.18. The fourth-order valence-corrected chi connectivity index (χ4v) is 1.38. The molecular weight excluding hydrogens is 182 g/mol. The highest BCUT2D eigenvalue weighted by Crippen LogP contribution is 2.18. The van der Waals surface area contributed by atoms with Crippen LogP contribution < -0.4 is 10.6 Å². The minimum Gasteiger partial charge on any atom is -0.389 e. The van der Waals surface area contributed by atoms with E-state index in [0.29, 0.717) is 18.9 Å². The second kappa shape index (κ2) is 3.26. The molecule has 0 saturated carbocycles. The Morgan fingerprint density at radius 3 is 2.86 bits per heavy atom. The summed E-state index contributed by atoms with van der Waals surface area (Å²) in [6, 6.07) is 5.09. The summed E-state index contributed by atoms with van der Waals surface area (Å²) < 4.78 is 0. The lowest BCUT2D eigenvalue weighted by Crippen LogP contribution is -2.51. The molecule has 0 aromatic carbocycles. The lowest BCUT2D eigenvalue weighted by Gasteiger charge is -2.36. The first-order valence-corrected chi connectivity index (χ1v) is 4.36. The zero-order valence-electron chi connectivity index (χ0n) is 7.55.